The van der Waals surface area contributed by atoms with Crippen molar-refractivity contribution in [1.29, 1.82) is 0 Å². The van der Waals surface area contributed by atoms with Crippen LogP contribution >= 0.6 is 0 Å². The van der Waals surface area contributed by atoms with Gasteiger partial charge in [-0.15, -0.1) is 0 Å². The van der Waals surface area contributed by atoms with Gasteiger partial charge in [0.25, 0.3) is 0 Å². The standard InChI is InChI=1S/C16H22N4/c1-5-14-19-15(17)11(4)16(20-14)18-13-9-7-6-8-12(13)10(2)3/h6-10H,5H2,1-4H3,(H3,17,18,19,20). The molecule has 3 N–H and O–H groups in total. The number of aryl methyl sites for hydroxylation is 1. The molecule has 0 aliphatic rings. The minimum atomic E-state index is 0.448. The number of hydrogen-bond donors (Lipinski definition) is 2. The van der Waals surface area contributed by atoms with E-state index in [1.54, 1.807) is 0 Å². The fraction of sp³-hybridized carbons (Fsp3) is 0.375. The summed E-state index contributed by atoms with van der Waals surface area (Å²) in [5.41, 5.74) is 9.19. The number of aromatic nitrogens is 2. The van der Waals surface area contributed by atoms with Crippen LogP contribution in [0.3, 0.4) is 0 Å². The highest BCUT2D eigenvalue weighted by Crippen LogP contribution is 2.28. The Balaban J connectivity index is 2.42. The van der Waals surface area contributed by atoms with Crippen LogP contribution < -0.4 is 11.1 Å². The van der Waals surface area contributed by atoms with E-state index in [-0.39, 0.29) is 0 Å². The minimum absolute atomic E-state index is 0.448. The van der Waals surface area contributed by atoms with Crippen LogP contribution in [0.1, 0.15) is 43.6 Å². The van der Waals surface area contributed by atoms with Gasteiger partial charge in [0.05, 0.1) is 0 Å². The van der Waals surface area contributed by atoms with Gasteiger partial charge >= 0.3 is 0 Å². The SMILES string of the molecule is CCc1nc(N)c(C)c(Nc2ccccc2C(C)C)n1. The molecule has 2 rings (SSSR count). The summed E-state index contributed by atoms with van der Waals surface area (Å²) >= 11 is 0. The predicted octanol–water partition coefficient (Wildman–Crippen LogP) is 3.80. The Morgan fingerprint density at radius 1 is 1.20 bits per heavy atom. The molecule has 0 radical (unpaired) electrons. The number of nitrogens with one attached hydrogen (secondary N) is 1. The van der Waals surface area contributed by atoms with Gasteiger partial charge in [-0.05, 0) is 24.5 Å². The van der Waals surface area contributed by atoms with E-state index >= 15 is 0 Å². The molecule has 2 aromatic rings. The number of anilines is 3. The lowest BCUT2D eigenvalue weighted by Gasteiger charge is -2.16. The molecule has 0 aliphatic heterocycles. The van der Waals surface area contributed by atoms with Gasteiger partial charge in [0.2, 0.25) is 0 Å². The lowest BCUT2D eigenvalue weighted by Crippen LogP contribution is -2.07. The summed E-state index contributed by atoms with van der Waals surface area (Å²) in [7, 11) is 0. The monoisotopic (exact) mass is 270 g/mol. The predicted molar refractivity (Wildman–Crippen MR) is 84.4 cm³/mol. The molecule has 0 fully saturated rings. The summed E-state index contributed by atoms with van der Waals surface area (Å²) in [6.45, 7) is 8.32. The van der Waals surface area contributed by atoms with Crippen LogP contribution in [0.5, 0.6) is 0 Å². The third kappa shape index (κ3) is 2.90. The maximum absolute atomic E-state index is 5.96. The first-order valence-electron chi connectivity index (χ1n) is 7.01. The molecule has 4 nitrogen and oxygen atoms in total. The zero-order chi connectivity index (χ0) is 14.7. The van der Waals surface area contributed by atoms with E-state index in [2.05, 4.69) is 47.3 Å². The lowest BCUT2D eigenvalue weighted by atomic mass is 10.0. The molecule has 0 saturated carbocycles. The molecular formula is C16H22N4. The van der Waals surface area contributed by atoms with Gasteiger partial charge in [-0.3, -0.25) is 0 Å². The van der Waals surface area contributed by atoms with E-state index in [0.29, 0.717) is 11.7 Å². The molecule has 1 heterocycles. The zero-order valence-corrected chi connectivity index (χ0v) is 12.6. The van der Waals surface area contributed by atoms with Crippen molar-refractivity contribution in [2.24, 2.45) is 0 Å². The zero-order valence-electron chi connectivity index (χ0n) is 12.6. The highest BCUT2D eigenvalue weighted by Gasteiger charge is 2.11. The van der Waals surface area contributed by atoms with Gasteiger partial charge in [-0.2, -0.15) is 0 Å². The lowest BCUT2D eigenvalue weighted by molar-refractivity contribution is 0.868. The average Bonchev–Trinajstić information content (AvgIpc) is 2.44. The smallest absolute Gasteiger partial charge is 0.139 e. The van der Waals surface area contributed by atoms with Crippen LogP contribution in [0, 0.1) is 6.92 Å². The van der Waals surface area contributed by atoms with Crippen LogP contribution in [0.2, 0.25) is 0 Å². The van der Waals surface area contributed by atoms with Gasteiger partial charge in [0.15, 0.2) is 0 Å². The quantitative estimate of drug-likeness (QED) is 0.887. The second-order valence-corrected chi connectivity index (χ2v) is 5.22. The Bertz CT molecular complexity index is 605. The Labute approximate surface area is 120 Å². The third-order valence-electron chi connectivity index (χ3n) is 3.38. The van der Waals surface area contributed by atoms with Crippen LogP contribution in [0.25, 0.3) is 0 Å². The van der Waals surface area contributed by atoms with Gasteiger partial charge < -0.3 is 11.1 Å². The maximum atomic E-state index is 5.96. The highest BCUT2D eigenvalue weighted by molar-refractivity contribution is 5.66. The number of nitrogens with two attached hydrogens (primary N) is 1. The van der Waals surface area contributed by atoms with E-state index in [4.69, 9.17) is 5.73 Å². The van der Waals surface area contributed by atoms with E-state index in [1.165, 1.54) is 5.56 Å². The fourth-order valence-electron chi connectivity index (χ4n) is 2.10. The van der Waals surface area contributed by atoms with Gasteiger partial charge in [-0.1, -0.05) is 39.0 Å². The molecule has 1 aromatic carbocycles. The molecule has 0 atom stereocenters. The molecule has 0 aliphatic carbocycles. The van der Waals surface area contributed by atoms with Gasteiger partial charge in [0.1, 0.15) is 17.5 Å². The number of rotatable bonds is 4. The normalized spacial score (nSPS) is 10.8. The number of nitrogen functional groups attached to an aromatic ring is 1. The van der Waals surface area contributed by atoms with Crippen molar-refractivity contribution in [3.8, 4) is 0 Å². The van der Waals surface area contributed by atoms with Crippen molar-refractivity contribution in [2.75, 3.05) is 11.1 Å². The molecule has 106 valence electrons. The molecule has 0 unspecified atom stereocenters. The van der Waals surface area contributed by atoms with Crippen LogP contribution in [0.4, 0.5) is 17.3 Å². The summed E-state index contributed by atoms with van der Waals surface area (Å²) in [4.78, 5) is 8.82. The van der Waals surface area contributed by atoms with Crippen molar-refractivity contribution in [3.63, 3.8) is 0 Å². The van der Waals surface area contributed by atoms with E-state index in [9.17, 15) is 0 Å². The molecule has 0 amide bonds. The van der Waals surface area contributed by atoms with Crippen LogP contribution in [-0.4, -0.2) is 9.97 Å². The number of nitrogens with zero attached hydrogens (tertiary/aromatic N) is 2. The second kappa shape index (κ2) is 5.90. The van der Waals surface area contributed by atoms with Crippen molar-refractivity contribution >= 4 is 17.3 Å². The molecule has 20 heavy (non-hydrogen) atoms. The summed E-state index contributed by atoms with van der Waals surface area (Å²) in [6, 6.07) is 8.28. The first kappa shape index (κ1) is 14.3. The summed E-state index contributed by atoms with van der Waals surface area (Å²) < 4.78 is 0. The van der Waals surface area contributed by atoms with Crippen molar-refractivity contribution < 1.29 is 0 Å². The van der Waals surface area contributed by atoms with Gasteiger partial charge in [0, 0.05) is 17.7 Å². The largest absolute Gasteiger partial charge is 0.383 e. The first-order valence-corrected chi connectivity index (χ1v) is 7.01. The average molecular weight is 270 g/mol. The van der Waals surface area contributed by atoms with Crippen molar-refractivity contribution in [3.05, 3.63) is 41.2 Å². The summed E-state index contributed by atoms with van der Waals surface area (Å²) in [5, 5.41) is 3.41. The van der Waals surface area contributed by atoms with Crippen molar-refractivity contribution in [2.45, 2.75) is 40.0 Å². The van der Waals surface area contributed by atoms with Crippen molar-refractivity contribution in [1.82, 2.24) is 9.97 Å². The molecule has 4 heteroatoms. The highest BCUT2D eigenvalue weighted by atomic mass is 15.1. The summed E-state index contributed by atoms with van der Waals surface area (Å²) in [6.07, 6.45) is 0.769. The Kier molecular flexibility index (Phi) is 4.23. The Morgan fingerprint density at radius 2 is 1.90 bits per heavy atom. The number of hydrogen-bond acceptors (Lipinski definition) is 4. The van der Waals surface area contributed by atoms with E-state index < -0.39 is 0 Å². The van der Waals surface area contributed by atoms with Gasteiger partial charge in [-0.25, -0.2) is 9.97 Å². The van der Waals surface area contributed by atoms with E-state index in [1.807, 2.05) is 19.9 Å². The second-order valence-electron chi connectivity index (χ2n) is 5.22. The Hall–Kier alpha value is -2.10. The Morgan fingerprint density at radius 3 is 2.55 bits per heavy atom. The fourth-order valence-corrected chi connectivity index (χ4v) is 2.10. The number of benzene rings is 1. The topological polar surface area (TPSA) is 63.8 Å². The maximum Gasteiger partial charge on any atom is 0.139 e. The molecule has 0 spiro atoms. The third-order valence-corrected chi connectivity index (χ3v) is 3.38. The van der Waals surface area contributed by atoms with Crippen LogP contribution in [0.15, 0.2) is 24.3 Å². The first-order chi connectivity index (χ1) is 9.52. The summed E-state index contributed by atoms with van der Waals surface area (Å²) in [5.74, 6) is 2.55. The minimum Gasteiger partial charge on any atom is -0.383 e. The molecule has 0 saturated heterocycles. The van der Waals surface area contributed by atoms with E-state index in [0.717, 1.165) is 29.3 Å². The molecule has 1 aromatic heterocycles. The molecule has 0 bridgehead atoms. The van der Waals surface area contributed by atoms with Crippen LogP contribution in [-0.2, 0) is 6.42 Å². The number of para-hydroxylation sites is 1. The molecular weight excluding hydrogens is 248 g/mol.